The van der Waals surface area contributed by atoms with Crippen molar-refractivity contribution in [1.29, 1.82) is 0 Å². The smallest absolute Gasteiger partial charge is 0.223 e. The minimum atomic E-state index is 0.129. The first-order valence-electron chi connectivity index (χ1n) is 8.49. The maximum Gasteiger partial charge on any atom is 0.223 e. The molecule has 0 radical (unpaired) electrons. The van der Waals surface area contributed by atoms with Crippen LogP contribution in [0.2, 0.25) is 0 Å². The second-order valence-electron chi connectivity index (χ2n) is 6.12. The van der Waals surface area contributed by atoms with Gasteiger partial charge in [0.25, 0.3) is 0 Å². The first-order valence-corrected chi connectivity index (χ1v) is 8.49. The van der Waals surface area contributed by atoms with Crippen molar-refractivity contribution < 1.29 is 19.0 Å². The predicted molar refractivity (Wildman–Crippen MR) is 92.9 cm³/mol. The monoisotopic (exact) mass is 336 g/mol. The van der Waals surface area contributed by atoms with Crippen molar-refractivity contribution >= 4 is 5.91 Å². The van der Waals surface area contributed by atoms with Crippen LogP contribution in [0.4, 0.5) is 0 Å². The van der Waals surface area contributed by atoms with Crippen molar-refractivity contribution in [2.75, 3.05) is 33.9 Å². The van der Waals surface area contributed by atoms with E-state index in [9.17, 15) is 4.79 Å². The molecule has 1 heterocycles. The van der Waals surface area contributed by atoms with Gasteiger partial charge >= 0.3 is 0 Å². The Labute approximate surface area is 143 Å². The van der Waals surface area contributed by atoms with Gasteiger partial charge in [0.1, 0.15) is 17.2 Å². The zero-order chi connectivity index (χ0) is 17.4. The number of ether oxygens (including phenoxy) is 3. The Balaban J connectivity index is 1.68. The third kappa shape index (κ3) is 5.60. The van der Waals surface area contributed by atoms with E-state index in [2.05, 4.69) is 17.6 Å². The molecule has 0 unspecified atom stereocenters. The molecule has 6 heteroatoms. The van der Waals surface area contributed by atoms with Crippen molar-refractivity contribution in [3.05, 3.63) is 18.2 Å². The lowest BCUT2D eigenvalue weighted by Gasteiger charge is -2.27. The van der Waals surface area contributed by atoms with Crippen LogP contribution in [0.25, 0.3) is 0 Å². The molecule has 1 aliphatic heterocycles. The molecule has 1 aromatic carbocycles. The number of benzene rings is 1. The molecule has 0 bridgehead atoms. The number of carbonyl (C=O) groups is 1. The maximum absolute atomic E-state index is 12.1. The van der Waals surface area contributed by atoms with E-state index >= 15 is 0 Å². The average Bonchev–Trinajstić information content (AvgIpc) is 2.60. The number of nitrogens with one attached hydrogen (secondary N) is 2. The van der Waals surface area contributed by atoms with Gasteiger partial charge in [-0.25, -0.2) is 0 Å². The quantitative estimate of drug-likeness (QED) is 0.711. The summed E-state index contributed by atoms with van der Waals surface area (Å²) in [6, 6.07) is 5.85. The maximum atomic E-state index is 12.1. The van der Waals surface area contributed by atoms with Crippen LogP contribution < -0.4 is 24.8 Å². The van der Waals surface area contributed by atoms with Gasteiger partial charge in [0.15, 0.2) is 0 Å². The molecule has 0 spiro atoms. The number of hydrogen-bond donors (Lipinski definition) is 2. The minimum Gasteiger partial charge on any atom is -0.496 e. The Morgan fingerprint density at radius 3 is 2.50 bits per heavy atom. The Morgan fingerprint density at radius 1 is 1.21 bits per heavy atom. The fourth-order valence-corrected chi connectivity index (χ4v) is 2.85. The van der Waals surface area contributed by atoms with Crippen molar-refractivity contribution in [2.45, 2.75) is 32.2 Å². The Morgan fingerprint density at radius 2 is 1.88 bits per heavy atom. The van der Waals surface area contributed by atoms with E-state index in [0.717, 1.165) is 25.8 Å². The lowest BCUT2D eigenvalue weighted by atomic mass is 9.92. The number of rotatable bonds is 8. The van der Waals surface area contributed by atoms with Gasteiger partial charge < -0.3 is 24.8 Å². The summed E-state index contributed by atoms with van der Waals surface area (Å²) in [6.45, 7) is 4.19. The minimum absolute atomic E-state index is 0.129. The summed E-state index contributed by atoms with van der Waals surface area (Å²) in [5.74, 6) is 2.37. The molecule has 134 valence electrons. The number of amides is 1. The van der Waals surface area contributed by atoms with Gasteiger partial charge in [-0.15, -0.1) is 0 Å². The van der Waals surface area contributed by atoms with E-state index < -0.39 is 0 Å². The van der Waals surface area contributed by atoms with Crippen LogP contribution >= 0.6 is 0 Å². The van der Waals surface area contributed by atoms with Gasteiger partial charge in [0.2, 0.25) is 5.91 Å². The highest BCUT2D eigenvalue weighted by Crippen LogP contribution is 2.27. The molecular formula is C18H28N2O4. The van der Waals surface area contributed by atoms with E-state index in [0.29, 0.717) is 36.4 Å². The highest BCUT2D eigenvalue weighted by Gasteiger charge is 2.24. The summed E-state index contributed by atoms with van der Waals surface area (Å²) < 4.78 is 16.1. The molecular weight excluding hydrogens is 308 g/mol. The largest absolute Gasteiger partial charge is 0.496 e. The van der Waals surface area contributed by atoms with Gasteiger partial charge in [-0.05, 0) is 32.7 Å². The lowest BCUT2D eigenvalue weighted by Crippen LogP contribution is -2.42. The van der Waals surface area contributed by atoms with Crippen molar-refractivity contribution in [2.24, 2.45) is 5.92 Å². The number of methoxy groups -OCH3 is 2. The van der Waals surface area contributed by atoms with Crippen LogP contribution in [0.15, 0.2) is 18.2 Å². The number of piperidine rings is 1. The third-order valence-corrected chi connectivity index (χ3v) is 4.21. The van der Waals surface area contributed by atoms with Gasteiger partial charge in [-0.2, -0.15) is 0 Å². The first-order chi connectivity index (χ1) is 11.6. The molecule has 1 aliphatic rings. The number of carbonyl (C=O) groups excluding carboxylic acids is 1. The molecule has 2 N–H and O–H groups in total. The average molecular weight is 336 g/mol. The van der Waals surface area contributed by atoms with Crippen LogP contribution in [0.5, 0.6) is 17.2 Å². The number of hydrogen-bond acceptors (Lipinski definition) is 5. The molecule has 2 atom stereocenters. The fourth-order valence-electron chi connectivity index (χ4n) is 2.85. The van der Waals surface area contributed by atoms with Crippen LogP contribution in [0.1, 0.15) is 26.2 Å². The second-order valence-corrected chi connectivity index (χ2v) is 6.12. The van der Waals surface area contributed by atoms with Gasteiger partial charge in [-0.1, -0.05) is 0 Å². The Bertz CT molecular complexity index is 514. The fraction of sp³-hybridized carbons (Fsp3) is 0.611. The Hall–Kier alpha value is -1.95. The first kappa shape index (κ1) is 18.4. The molecule has 6 nitrogen and oxygen atoms in total. The van der Waals surface area contributed by atoms with E-state index in [4.69, 9.17) is 14.2 Å². The standard InChI is InChI=1S/C18H28N2O4/c1-13-9-14(5-7-19-13)18(21)20-6-4-8-24-17-11-15(22-2)10-16(12-17)23-3/h10-14,19H,4-9H2,1-3H3,(H,20,21)/t13-,14-/m0/s1. The molecule has 1 aromatic rings. The van der Waals surface area contributed by atoms with Crippen molar-refractivity contribution in [1.82, 2.24) is 10.6 Å². The zero-order valence-corrected chi connectivity index (χ0v) is 14.8. The third-order valence-electron chi connectivity index (χ3n) is 4.21. The predicted octanol–water partition coefficient (Wildman–Crippen LogP) is 1.98. The molecule has 1 saturated heterocycles. The summed E-state index contributed by atoms with van der Waals surface area (Å²) in [5.41, 5.74) is 0. The lowest BCUT2D eigenvalue weighted by molar-refractivity contribution is -0.126. The van der Waals surface area contributed by atoms with Gasteiger partial charge in [-0.3, -0.25) is 4.79 Å². The SMILES string of the molecule is COc1cc(OC)cc(OCCCNC(=O)[C@H]2CCN[C@@H](C)C2)c1. The molecule has 24 heavy (non-hydrogen) atoms. The summed E-state index contributed by atoms with van der Waals surface area (Å²) in [4.78, 5) is 12.1. The summed E-state index contributed by atoms with van der Waals surface area (Å²) in [6.07, 6.45) is 2.58. The van der Waals surface area contributed by atoms with E-state index in [1.165, 1.54) is 0 Å². The molecule has 1 amide bonds. The molecule has 0 saturated carbocycles. The molecule has 0 aliphatic carbocycles. The van der Waals surface area contributed by atoms with E-state index in [-0.39, 0.29) is 11.8 Å². The van der Waals surface area contributed by atoms with Crippen molar-refractivity contribution in [3.63, 3.8) is 0 Å². The molecule has 1 fully saturated rings. The highest BCUT2D eigenvalue weighted by atomic mass is 16.5. The summed E-state index contributed by atoms with van der Waals surface area (Å²) >= 11 is 0. The van der Waals surface area contributed by atoms with Crippen LogP contribution in [-0.4, -0.2) is 45.9 Å². The summed E-state index contributed by atoms with van der Waals surface area (Å²) in [7, 11) is 3.21. The van der Waals surface area contributed by atoms with Crippen LogP contribution in [-0.2, 0) is 4.79 Å². The topological polar surface area (TPSA) is 68.8 Å². The molecule has 2 rings (SSSR count). The molecule has 0 aromatic heterocycles. The highest BCUT2D eigenvalue weighted by molar-refractivity contribution is 5.78. The van der Waals surface area contributed by atoms with Gasteiger partial charge in [0, 0.05) is 36.7 Å². The summed E-state index contributed by atoms with van der Waals surface area (Å²) in [5, 5.41) is 6.37. The van der Waals surface area contributed by atoms with Crippen LogP contribution in [0.3, 0.4) is 0 Å². The van der Waals surface area contributed by atoms with E-state index in [1.807, 2.05) is 12.1 Å². The second kappa shape index (κ2) is 9.37. The zero-order valence-electron chi connectivity index (χ0n) is 14.8. The van der Waals surface area contributed by atoms with Crippen LogP contribution in [0, 0.1) is 5.92 Å². The normalized spacial score (nSPS) is 20.3. The Kier molecular flexibility index (Phi) is 7.18. The van der Waals surface area contributed by atoms with Gasteiger partial charge in [0.05, 0.1) is 20.8 Å². The van der Waals surface area contributed by atoms with E-state index in [1.54, 1.807) is 20.3 Å². The van der Waals surface area contributed by atoms with Crippen molar-refractivity contribution in [3.8, 4) is 17.2 Å².